The lowest BCUT2D eigenvalue weighted by atomic mass is 10.1. The third-order valence-electron chi connectivity index (χ3n) is 3.68. The largest absolute Gasteiger partial charge is 0.394 e. The SMILES string of the molecule is CC1CN(c2cc(C#N)c3ccccc3n2)CC(CO)O1. The number of anilines is 1. The van der Waals surface area contributed by atoms with Crippen molar-refractivity contribution in [3.8, 4) is 6.07 Å². The summed E-state index contributed by atoms with van der Waals surface area (Å²) in [6, 6.07) is 11.7. The number of pyridine rings is 1. The molecule has 21 heavy (non-hydrogen) atoms. The molecule has 108 valence electrons. The third-order valence-corrected chi connectivity index (χ3v) is 3.68. The molecule has 1 aromatic carbocycles. The highest BCUT2D eigenvalue weighted by molar-refractivity contribution is 5.86. The van der Waals surface area contributed by atoms with Crippen LogP contribution in [0, 0.1) is 11.3 Å². The molecule has 5 nitrogen and oxygen atoms in total. The molecule has 1 saturated heterocycles. The van der Waals surface area contributed by atoms with E-state index in [4.69, 9.17) is 4.74 Å². The maximum atomic E-state index is 9.35. The fourth-order valence-corrected chi connectivity index (χ4v) is 2.75. The summed E-state index contributed by atoms with van der Waals surface area (Å²) in [6.45, 7) is 3.24. The van der Waals surface area contributed by atoms with Crippen molar-refractivity contribution in [3.05, 3.63) is 35.9 Å². The first-order chi connectivity index (χ1) is 10.2. The van der Waals surface area contributed by atoms with Crippen LogP contribution in [0.1, 0.15) is 12.5 Å². The number of rotatable bonds is 2. The Morgan fingerprint density at radius 3 is 3.00 bits per heavy atom. The number of hydrogen-bond acceptors (Lipinski definition) is 5. The van der Waals surface area contributed by atoms with Crippen molar-refractivity contribution in [2.75, 3.05) is 24.6 Å². The number of nitriles is 1. The Kier molecular flexibility index (Phi) is 3.74. The molecule has 1 aliphatic heterocycles. The molecule has 0 amide bonds. The molecule has 0 radical (unpaired) electrons. The van der Waals surface area contributed by atoms with E-state index in [1.807, 2.05) is 37.3 Å². The van der Waals surface area contributed by atoms with Gasteiger partial charge in [-0.2, -0.15) is 5.26 Å². The summed E-state index contributed by atoms with van der Waals surface area (Å²) in [4.78, 5) is 6.72. The highest BCUT2D eigenvalue weighted by Crippen LogP contribution is 2.24. The van der Waals surface area contributed by atoms with E-state index in [-0.39, 0.29) is 18.8 Å². The van der Waals surface area contributed by atoms with Gasteiger partial charge in [-0.1, -0.05) is 18.2 Å². The number of hydrogen-bond donors (Lipinski definition) is 1. The minimum Gasteiger partial charge on any atom is -0.394 e. The van der Waals surface area contributed by atoms with Gasteiger partial charge in [0.15, 0.2) is 0 Å². The Morgan fingerprint density at radius 1 is 1.43 bits per heavy atom. The predicted molar refractivity (Wildman–Crippen MR) is 80.1 cm³/mol. The number of nitrogens with zero attached hydrogens (tertiary/aromatic N) is 3. The quantitative estimate of drug-likeness (QED) is 0.908. The zero-order valence-corrected chi connectivity index (χ0v) is 11.9. The molecular weight excluding hydrogens is 266 g/mol. The summed E-state index contributed by atoms with van der Waals surface area (Å²) in [5.74, 6) is 0.763. The number of fused-ring (bicyclic) bond motifs is 1. The first kappa shape index (κ1) is 13.8. The number of ether oxygens (including phenoxy) is 1. The van der Waals surface area contributed by atoms with E-state index in [1.165, 1.54) is 0 Å². The van der Waals surface area contributed by atoms with Crippen molar-refractivity contribution in [2.24, 2.45) is 0 Å². The van der Waals surface area contributed by atoms with E-state index in [0.717, 1.165) is 16.7 Å². The van der Waals surface area contributed by atoms with Gasteiger partial charge in [-0.25, -0.2) is 4.98 Å². The first-order valence-electron chi connectivity index (χ1n) is 7.02. The third kappa shape index (κ3) is 2.68. The van der Waals surface area contributed by atoms with E-state index in [1.54, 1.807) is 0 Å². The molecule has 2 unspecified atom stereocenters. The molecule has 1 fully saturated rings. The molecule has 1 aliphatic rings. The molecule has 2 heterocycles. The van der Waals surface area contributed by atoms with Crippen LogP contribution in [0.15, 0.2) is 30.3 Å². The van der Waals surface area contributed by atoms with Gasteiger partial charge in [-0.15, -0.1) is 0 Å². The molecule has 1 N–H and O–H groups in total. The second-order valence-corrected chi connectivity index (χ2v) is 5.31. The van der Waals surface area contributed by atoms with E-state index < -0.39 is 0 Å². The van der Waals surface area contributed by atoms with Crippen molar-refractivity contribution in [1.82, 2.24) is 4.98 Å². The highest BCUT2D eigenvalue weighted by atomic mass is 16.5. The lowest BCUT2D eigenvalue weighted by Gasteiger charge is -2.36. The average molecular weight is 283 g/mol. The molecule has 0 spiro atoms. The average Bonchev–Trinajstić information content (AvgIpc) is 2.53. The standard InChI is InChI=1S/C16H17N3O2/c1-11-8-19(9-13(10-20)21-11)16-6-12(7-17)14-4-2-3-5-15(14)18-16/h2-6,11,13,20H,8-10H2,1H3. The van der Waals surface area contributed by atoms with Gasteiger partial charge in [0.05, 0.1) is 36.0 Å². The summed E-state index contributed by atoms with van der Waals surface area (Å²) >= 11 is 0. The van der Waals surface area contributed by atoms with Gasteiger partial charge >= 0.3 is 0 Å². The lowest BCUT2D eigenvalue weighted by Crippen LogP contribution is -2.48. The Balaban J connectivity index is 2.02. The molecule has 5 heteroatoms. The fourth-order valence-electron chi connectivity index (χ4n) is 2.75. The van der Waals surface area contributed by atoms with Gasteiger partial charge in [0.25, 0.3) is 0 Å². The van der Waals surface area contributed by atoms with Gasteiger partial charge in [-0.05, 0) is 19.1 Å². The van der Waals surface area contributed by atoms with Crippen molar-refractivity contribution < 1.29 is 9.84 Å². The molecule has 0 aliphatic carbocycles. The molecule has 0 saturated carbocycles. The van der Waals surface area contributed by atoms with Crippen LogP contribution in [-0.2, 0) is 4.74 Å². The van der Waals surface area contributed by atoms with Gasteiger partial charge in [0, 0.05) is 18.5 Å². The fraction of sp³-hybridized carbons (Fsp3) is 0.375. The zero-order chi connectivity index (χ0) is 14.8. The second-order valence-electron chi connectivity index (χ2n) is 5.31. The van der Waals surface area contributed by atoms with Crippen LogP contribution in [-0.4, -0.2) is 42.0 Å². The van der Waals surface area contributed by atoms with Crippen LogP contribution < -0.4 is 4.90 Å². The smallest absolute Gasteiger partial charge is 0.130 e. The van der Waals surface area contributed by atoms with Crippen molar-refractivity contribution in [2.45, 2.75) is 19.1 Å². The van der Waals surface area contributed by atoms with Gasteiger partial charge in [-0.3, -0.25) is 0 Å². The molecular formula is C16H17N3O2. The van der Waals surface area contributed by atoms with Gasteiger partial charge < -0.3 is 14.7 Å². The Hall–Kier alpha value is -2.16. The zero-order valence-electron chi connectivity index (χ0n) is 11.9. The van der Waals surface area contributed by atoms with Crippen LogP contribution in [0.4, 0.5) is 5.82 Å². The van der Waals surface area contributed by atoms with Gasteiger partial charge in [0.1, 0.15) is 5.82 Å². The number of aliphatic hydroxyl groups is 1. The number of aliphatic hydroxyl groups excluding tert-OH is 1. The minimum absolute atomic E-state index is 0.0144. The molecule has 3 rings (SSSR count). The maximum absolute atomic E-state index is 9.35. The van der Waals surface area contributed by atoms with Crippen molar-refractivity contribution in [1.29, 1.82) is 5.26 Å². The number of benzene rings is 1. The molecule has 2 atom stereocenters. The molecule has 0 bridgehead atoms. The van der Waals surface area contributed by atoms with Crippen LogP contribution in [0.2, 0.25) is 0 Å². The summed E-state index contributed by atoms with van der Waals surface area (Å²) < 4.78 is 5.65. The van der Waals surface area contributed by atoms with Crippen molar-refractivity contribution >= 4 is 16.7 Å². The Morgan fingerprint density at radius 2 is 2.24 bits per heavy atom. The minimum atomic E-state index is -0.215. The monoisotopic (exact) mass is 283 g/mol. The van der Waals surface area contributed by atoms with E-state index in [9.17, 15) is 10.4 Å². The maximum Gasteiger partial charge on any atom is 0.130 e. The molecule has 1 aromatic heterocycles. The van der Waals surface area contributed by atoms with Crippen LogP contribution in [0.25, 0.3) is 10.9 Å². The number of aromatic nitrogens is 1. The van der Waals surface area contributed by atoms with Crippen LogP contribution >= 0.6 is 0 Å². The van der Waals surface area contributed by atoms with E-state index in [2.05, 4.69) is 16.0 Å². The second kappa shape index (κ2) is 5.68. The predicted octanol–water partition coefficient (Wildman–Crippen LogP) is 1.69. The summed E-state index contributed by atoms with van der Waals surface area (Å²) in [5, 5.41) is 19.5. The molecule has 2 aromatic rings. The lowest BCUT2D eigenvalue weighted by molar-refractivity contribution is -0.0422. The highest BCUT2D eigenvalue weighted by Gasteiger charge is 2.26. The normalized spacial score (nSPS) is 22.2. The summed E-state index contributed by atoms with van der Waals surface area (Å²) in [7, 11) is 0. The Labute approximate surface area is 123 Å². The van der Waals surface area contributed by atoms with Gasteiger partial charge in [0.2, 0.25) is 0 Å². The number of para-hydroxylation sites is 1. The van der Waals surface area contributed by atoms with E-state index in [0.29, 0.717) is 18.7 Å². The number of morpholine rings is 1. The topological polar surface area (TPSA) is 69.4 Å². The summed E-state index contributed by atoms with van der Waals surface area (Å²) in [5.41, 5.74) is 1.43. The first-order valence-corrected chi connectivity index (χ1v) is 7.02. The Bertz CT molecular complexity index is 695. The van der Waals surface area contributed by atoms with Crippen LogP contribution in [0.5, 0.6) is 0 Å². The summed E-state index contributed by atoms with van der Waals surface area (Å²) in [6.07, 6.45) is -0.192. The van der Waals surface area contributed by atoms with Crippen LogP contribution in [0.3, 0.4) is 0 Å². The van der Waals surface area contributed by atoms with Crippen molar-refractivity contribution in [3.63, 3.8) is 0 Å². The van der Waals surface area contributed by atoms with E-state index >= 15 is 0 Å².